The van der Waals surface area contributed by atoms with Crippen LogP contribution in [0.1, 0.15) is 0 Å². The minimum absolute atomic E-state index is 0.393. The summed E-state index contributed by atoms with van der Waals surface area (Å²) in [5.41, 5.74) is -0.393. The molecule has 1 rings (SSSR count). The summed E-state index contributed by atoms with van der Waals surface area (Å²) in [4.78, 5) is -0.750. The van der Waals surface area contributed by atoms with Crippen molar-refractivity contribution in [3.63, 3.8) is 0 Å². The summed E-state index contributed by atoms with van der Waals surface area (Å²) in [6, 6.07) is 4.56. The van der Waals surface area contributed by atoms with Crippen molar-refractivity contribution in [1.29, 1.82) is 0 Å². The minimum Gasteiger partial charge on any atom is -0.282 e. The molecule has 0 unspecified atom stereocenters. The lowest BCUT2D eigenvalue weighted by Gasteiger charge is -2.10. The number of hydrogen-bond donors (Lipinski definition) is 1. The van der Waals surface area contributed by atoms with Crippen molar-refractivity contribution >= 4 is 25.5 Å². The molecule has 1 aromatic rings. The maximum Gasteiger partial charge on any atom is 0.341 e. The Morgan fingerprint density at radius 3 is 2.12 bits per heavy atom. The highest BCUT2D eigenvalue weighted by atomic mass is 32.2. The van der Waals surface area contributed by atoms with Gasteiger partial charge >= 0.3 is 5.76 Å². The van der Waals surface area contributed by atoms with Gasteiger partial charge in [0.1, 0.15) is 0 Å². The molecule has 0 amide bonds. The number of hydrogen-bond acceptors (Lipinski definition) is 4. The van der Waals surface area contributed by atoms with Crippen molar-refractivity contribution in [3.8, 4) is 0 Å². The molecule has 0 bridgehead atoms. The molecule has 1 aromatic carbocycles. The van der Waals surface area contributed by atoms with E-state index in [1.54, 1.807) is 0 Å². The predicted molar refractivity (Wildman–Crippen MR) is 58.1 cm³/mol. The first-order chi connectivity index (χ1) is 7.64. The number of benzene rings is 1. The van der Waals surface area contributed by atoms with Crippen LogP contribution in [-0.4, -0.2) is 28.8 Å². The molecule has 96 valence electrons. The van der Waals surface area contributed by atoms with Gasteiger partial charge < -0.3 is 0 Å². The lowest BCUT2D eigenvalue weighted by Crippen LogP contribution is -2.16. The van der Waals surface area contributed by atoms with Gasteiger partial charge in [-0.05, 0) is 12.1 Å². The summed E-state index contributed by atoms with van der Waals surface area (Å²) in [5, 5.41) is 0. The second kappa shape index (κ2) is 4.57. The van der Waals surface area contributed by atoms with E-state index in [0.717, 1.165) is 18.4 Å². The number of anilines is 1. The van der Waals surface area contributed by atoms with Crippen LogP contribution in [0.4, 0.5) is 14.5 Å². The largest absolute Gasteiger partial charge is 0.341 e. The molecule has 0 radical (unpaired) electrons. The highest BCUT2D eigenvalue weighted by molar-refractivity contribution is 7.93. The molecule has 0 saturated heterocycles. The number of rotatable bonds is 4. The smallest absolute Gasteiger partial charge is 0.282 e. The van der Waals surface area contributed by atoms with E-state index < -0.39 is 36.2 Å². The quantitative estimate of drug-likeness (QED) is 0.896. The summed E-state index contributed by atoms with van der Waals surface area (Å²) in [6.07, 6.45) is 0.790. The molecule has 0 atom stereocenters. The fourth-order valence-electron chi connectivity index (χ4n) is 1.09. The minimum atomic E-state index is -4.84. The normalized spacial score (nSPS) is 12.7. The van der Waals surface area contributed by atoms with Crippen molar-refractivity contribution < 1.29 is 25.6 Å². The Morgan fingerprint density at radius 1 is 1.12 bits per heavy atom. The van der Waals surface area contributed by atoms with Crippen LogP contribution in [0.15, 0.2) is 29.2 Å². The average molecular weight is 285 g/mol. The first-order valence-corrected chi connectivity index (χ1v) is 7.67. The zero-order valence-electron chi connectivity index (χ0n) is 8.59. The number of nitrogens with one attached hydrogen (secondary N) is 1. The van der Waals surface area contributed by atoms with Crippen LogP contribution in [0.5, 0.6) is 0 Å². The number of halogens is 2. The second-order valence-corrected chi connectivity index (χ2v) is 6.81. The molecular weight excluding hydrogens is 276 g/mol. The van der Waals surface area contributed by atoms with E-state index in [9.17, 15) is 25.6 Å². The van der Waals surface area contributed by atoms with E-state index in [2.05, 4.69) is 0 Å². The molecule has 0 saturated carbocycles. The van der Waals surface area contributed by atoms with Crippen LogP contribution in [-0.2, 0) is 19.9 Å². The fourth-order valence-corrected chi connectivity index (χ4v) is 2.62. The van der Waals surface area contributed by atoms with Crippen LogP contribution in [0.3, 0.4) is 0 Å². The zero-order chi connectivity index (χ0) is 13.3. The highest BCUT2D eigenvalue weighted by Gasteiger charge is 2.29. The molecule has 0 aliphatic carbocycles. The van der Waals surface area contributed by atoms with Gasteiger partial charge in [-0.1, -0.05) is 12.1 Å². The van der Waals surface area contributed by atoms with Gasteiger partial charge in [-0.25, -0.2) is 16.8 Å². The molecular formula is C8H9F2NO4S2. The first-order valence-electron chi connectivity index (χ1n) is 4.23. The monoisotopic (exact) mass is 285 g/mol. The molecule has 5 nitrogen and oxygen atoms in total. The summed E-state index contributed by atoms with van der Waals surface area (Å²) in [5.74, 6) is -3.61. The van der Waals surface area contributed by atoms with Crippen molar-refractivity contribution in [3.05, 3.63) is 24.3 Å². The van der Waals surface area contributed by atoms with E-state index in [1.807, 2.05) is 4.72 Å². The standard InChI is InChI=1S/C8H9F2NO4S2/c1-16(12,13)11-6-4-2-3-5-7(6)17(14,15)8(9)10/h2-5,8,11H,1H3. The van der Waals surface area contributed by atoms with E-state index >= 15 is 0 Å². The van der Waals surface area contributed by atoms with Gasteiger partial charge in [-0.2, -0.15) is 8.78 Å². The van der Waals surface area contributed by atoms with Gasteiger partial charge in [-0.15, -0.1) is 0 Å². The molecule has 0 heterocycles. The van der Waals surface area contributed by atoms with E-state index in [4.69, 9.17) is 0 Å². The Bertz CT molecular complexity index is 610. The van der Waals surface area contributed by atoms with Crippen molar-refractivity contribution in [1.82, 2.24) is 0 Å². The lowest BCUT2D eigenvalue weighted by atomic mass is 10.3. The predicted octanol–water partition coefficient (Wildman–Crippen LogP) is 1.05. The van der Waals surface area contributed by atoms with Crippen molar-refractivity contribution in [2.75, 3.05) is 11.0 Å². The molecule has 0 aliphatic rings. The Morgan fingerprint density at radius 2 is 1.65 bits per heavy atom. The zero-order valence-corrected chi connectivity index (χ0v) is 10.2. The third-order valence-corrected chi connectivity index (χ3v) is 3.75. The lowest BCUT2D eigenvalue weighted by molar-refractivity contribution is 0.235. The molecule has 17 heavy (non-hydrogen) atoms. The van der Waals surface area contributed by atoms with Gasteiger partial charge in [0.25, 0.3) is 0 Å². The third-order valence-electron chi connectivity index (χ3n) is 1.72. The molecule has 0 spiro atoms. The topological polar surface area (TPSA) is 80.3 Å². The van der Waals surface area contributed by atoms with E-state index in [-0.39, 0.29) is 0 Å². The number of sulfone groups is 1. The van der Waals surface area contributed by atoms with Crippen LogP contribution >= 0.6 is 0 Å². The second-order valence-electron chi connectivity index (χ2n) is 3.18. The fraction of sp³-hybridized carbons (Fsp3) is 0.250. The maximum atomic E-state index is 12.3. The Labute approximate surface area is 97.4 Å². The summed E-state index contributed by atoms with van der Waals surface area (Å²) >= 11 is 0. The third kappa shape index (κ3) is 3.37. The average Bonchev–Trinajstić information content (AvgIpc) is 2.15. The van der Waals surface area contributed by atoms with E-state index in [1.165, 1.54) is 12.1 Å². The number of sulfonamides is 1. The molecule has 9 heteroatoms. The molecule has 0 fully saturated rings. The SMILES string of the molecule is CS(=O)(=O)Nc1ccccc1S(=O)(=O)C(F)F. The Balaban J connectivity index is 3.37. The van der Waals surface area contributed by atoms with Gasteiger partial charge in [0.05, 0.1) is 16.8 Å². The van der Waals surface area contributed by atoms with Gasteiger partial charge in [0.2, 0.25) is 19.9 Å². The van der Waals surface area contributed by atoms with Gasteiger partial charge in [0, 0.05) is 0 Å². The van der Waals surface area contributed by atoms with E-state index in [0.29, 0.717) is 0 Å². The first kappa shape index (κ1) is 13.8. The van der Waals surface area contributed by atoms with Crippen LogP contribution < -0.4 is 4.72 Å². The Hall–Kier alpha value is -1.22. The maximum absolute atomic E-state index is 12.3. The molecule has 0 aliphatic heterocycles. The number of alkyl halides is 2. The van der Waals surface area contributed by atoms with Crippen LogP contribution in [0, 0.1) is 0 Å². The van der Waals surface area contributed by atoms with Crippen molar-refractivity contribution in [2.45, 2.75) is 10.7 Å². The number of para-hydroxylation sites is 1. The summed E-state index contributed by atoms with van der Waals surface area (Å²) < 4.78 is 71.0. The Kier molecular flexibility index (Phi) is 3.72. The van der Waals surface area contributed by atoms with Crippen molar-refractivity contribution in [2.24, 2.45) is 0 Å². The van der Waals surface area contributed by atoms with Crippen LogP contribution in [0.25, 0.3) is 0 Å². The van der Waals surface area contributed by atoms with Gasteiger partial charge in [0.15, 0.2) is 0 Å². The molecule has 0 aromatic heterocycles. The summed E-state index contributed by atoms with van der Waals surface area (Å²) in [6.45, 7) is 0. The summed E-state index contributed by atoms with van der Waals surface area (Å²) in [7, 11) is -8.59. The highest BCUT2D eigenvalue weighted by Crippen LogP contribution is 2.26. The molecule has 1 N–H and O–H groups in total. The van der Waals surface area contributed by atoms with Crippen LogP contribution in [0.2, 0.25) is 0 Å². The van der Waals surface area contributed by atoms with Gasteiger partial charge in [-0.3, -0.25) is 4.72 Å².